The van der Waals surface area contributed by atoms with Crippen molar-refractivity contribution in [1.29, 1.82) is 0 Å². The van der Waals surface area contributed by atoms with E-state index < -0.39 is 5.82 Å². The van der Waals surface area contributed by atoms with E-state index in [1.165, 1.54) is 18.2 Å². The van der Waals surface area contributed by atoms with Gasteiger partial charge in [0.05, 0.1) is 5.69 Å². The molecule has 0 saturated heterocycles. The van der Waals surface area contributed by atoms with Gasteiger partial charge in [0.25, 0.3) is 0 Å². The van der Waals surface area contributed by atoms with Crippen molar-refractivity contribution >= 4 is 5.78 Å². The second-order valence-corrected chi connectivity index (χ2v) is 3.83. The first kappa shape index (κ1) is 11.5. The third-order valence-electron chi connectivity index (χ3n) is 2.52. The van der Waals surface area contributed by atoms with Crippen LogP contribution in [-0.4, -0.2) is 15.6 Å². The molecule has 0 aliphatic heterocycles. The molecule has 0 unspecified atom stereocenters. The molecule has 2 rings (SSSR count). The SMILES string of the molecule is CCn1nc(C)cc1C(=O)c1cccc(F)c1. The average Bonchev–Trinajstić information content (AvgIpc) is 2.69. The quantitative estimate of drug-likeness (QED) is 0.762. The van der Waals surface area contributed by atoms with Crippen LogP contribution in [0.5, 0.6) is 0 Å². The number of halogens is 1. The van der Waals surface area contributed by atoms with Crippen LogP contribution in [0.4, 0.5) is 4.39 Å². The number of aryl methyl sites for hydroxylation is 2. The molecule has 0 atom stereocenters. The minimum atomic E-state index is -0.407. The summed E-state index contributed by atoms with van der Waals surface area (Å²) in [7, 11) is 0. The molecule has 1 heterocycles. The fourth-order valence-electron chi connectivity index (χ4n) is 1.75. The van der Waals surface area contributed by atoms with Crippen LogP contribution >= 0.6 is 0 Å². The highest BCUT2D eigenvalue weighted by Gasteiger charge is 2.15. The zero-order valence-electron chi connectivity index (χ0n) is 9.77. The van der Waals surface area contributed by atoms with Crippen molar-refractivity contribution in [2.45, 2.75) is 20.4 Å². The van der Waals surface area contributed by atoms with Crippen LogP contribution in [0.3, 0.4) is 0 Å². The van der Waals surface area contributed by atoms with Gasteiger partial charge in [-0.2, -0.15) is 5.10 Å². The summed E-state index contributed by atoms with van der Waals surface area (Å²) in [4.78, 5) is 12.2. The average molecular weight is 232 g/mol. The predicted octanol–water partition coefficient (Wildman–Crippen LogP) is 2.58. The van der Waals surface area contributed by atoms with Crippen molar-refractivity contribution < 1.29 is 9.18 Å². The molecule has 88 valence electrons. The summed E-state index contributed by atoms with van der Waals surface area (Å²) >= 11 is 0. The number of hydrogen-bond donors (Lipinski definition) is 0. The van der Waals surface area contributed by atoms with Crippen molar-refractivity contribution in [3.05, 3.63) is 53.1 Å². The maximum absolute atomic E-state index is 13.1. The van der Waals surface area contributed by atoms with Crippen molar-refractivity contribution in [2.75, 3.05) is 0 Å². The number of benzene rings is 1. The molecule has 0 spiro atoms. The fourth-order valence-corrected chi connectivity index (χ4v) is 1.75. The van der Waals surface area contributed by atoms with E-state index in [0.717, 1.165) is 5.69 Å². The molecule has 3 nitrogen and oxygen atoms in total. The lowest BCUT2D eigenvalue weighted by Gasteiger charge is -2.03. The standard InChI is InChI=1S/C13H13FN2O/c1-3-16-12(7-9(2)15-16)13(17)10-5-4-6-11(14)8-10/h4-8H,3H2,1-2H3. The van der Waals surface area contributed by atoms with E-state index >= 15 is 0 Å². The normalized spacial score (nSPS) is 10.5. The fraction of sp³-hybridized carbons (Fsp3) is 0.231. The Kier molecular flexibility index (Phi) is 3.04. The van der Waals surface area contributed by atoms with Gasteiger partial charge >= 0.3 is 0 Å². The number of carbonyl (C=O) groups excluding carboxylic acids is 1. The van der Waals surface area contributed by atoms with Crippen molar-refractivity contribution in [3.63, 3.8) is 0 Å². The Morgan fingerprint density at radius 3 is 2.82 bits per heavy atom. The van der Waals surface area contributed by atoms with Gasteiger partial charge in [0.15, 0.2) is 0 Å². The summed E-state index contributed by atoms with van der Waals surface area (Å²) in [6.07, 6.45) is 0. The van der Waals surface area contributed by atoms with Gasteiger partial charge in [-0.3, -0.25) is 9.48 Å². The van der Waals surface area contributed by atoms with E-state index in [4.69, 9.17) is 0 Å². The van der Waals surface area contributed by atoms with Crippen molar-refractivity contribution in [2.24, 2.45) is 0 Å². The summed E-state index contributed by atoms with van der Waals surface area (Å²) < 4.78 is 14.7. The molecule has 17 heavy (non-hydrogen) atoms. The number of carbonyl (C=O) groups is 1. The maximum Gasteiger partial charge on any atom is 0.211 e. The van der Waals surface area contributed by atoms with E-state index in [9.17, 15) is 9.18 Å². The van der Waals surface area contributed by atoms with Gasteiger partial charge in [-0.15, -0.1) is 0 Å². The van der Waals surface area contributed by atoms with Crippen LogP contribution < -0.4 is 0 Å². The monoisotopic (exact) mass is 232 g/mol. The van der Waals surface area contributed by atoms with Crippen LogP contribution in [0.1, 0.15) is 28.7 Å². The van der Waals surface area contributed by atoms with Gasteiger partial charge in [-0.25, -0.2) is 4.39 Å². The molecule has 1 aromatic carbocycles. The van der Waals surface area contributed by atoms with Crippen LogP contribution in [0.2, 0.25) is 0 Å². The Bertz CT molecular complexity index is 560. The van der Waals surface area contributed by atoms with Gasteiger partial charge < -0.3 is 0 Å². The van der Waals surface area contributed by atoms with Gasteiger partial charge in [0.2, 0.25) is 5.78 Å². The van der Waals surface area contributed by atoms with Gasteiger partial charge in [-0.1, -0.05) is 12.1 Å². The third kappa shape index (κ3) is 2.25. The Morgan fingerprint density at radius 1 is 1.41 bits per heavy atom. The summed E-state index contributed by atoms with van der Waals surface area (Å²) in [5.41, 5.74) is 1.63. The Hall–Kier alpha value is -1.97. The lowest BCUT2D eigenvalue weighted by Crippen LogP contribution is -2.10. The molecule has 1 aromatic heterocycles. The minimum absolute atomic E-state index is 0.202. The second-order valence-electron chi connectivity index (χ2n) is 3.83. The number of rotatable bonds is 3. The van der Waals surface area contributed by atoms with Gasteiger partial charge in [0, 0.05) is 12.1 Å². The first-order valence-corrected chi connectivity index (χ1v) is 5.46. The largest absolute Gasteiger partial charge is 0.287 e. The van der Waals surface area contributed by atoms with Crippen molar-refractivity contribution in [3.8, 4) is 0 Å². The lowest BCUT2D eigenvalue weighted by atomic mass is 10.1. The highest BCUT2D eigenvalue weighted by molar-refractivity contribution is 6.07. The predicted molar refractivity (Wildman–Crippen MR) is 62.5 cm³/mol. The van der Waals surface area contributed by atoms with Gasteiger partial charge in [-0.05, 0) is 32.0 Å². The first-order chi connectivity index (χ1) is 8.11. The van der Waals surface area contributed by atoms with E-state index in [1.54, 1.807) is 16.8 Å². The molecule has 0 N–H and O–H groups in total. The zero-order chi connectivity index (χ0) is 12.4. The summed E-state index contributed by atoms with van der Waals surface area (Å²) in [5.74, 6) is -0.609. The smallest absolute Gasteiger partial charge is 0.211 e. The Labute approximate surface area is 98.9 Å². The second kappa shape index (κ2) is 4.49. The molecule has 4 heteroatoms. The molecule has 2 aromatic rings. The summed E-state index contributed by atoms with van der Waals surface area (Å²) in [5, 5.41) is 4.20. The van der Waals surface area contributed by atoms with Crippen LogP contribution in [0.25, 0.3) is 0 Å². The molecule has 0 radical (unpaired) electrons. The number of nitrogens with zero attached hydrogens (tertiary/aromatic N) is 2. The molecule has 0 aliphatic carbocycles. The Balaban J connectivity index is 2.43. The first-order valence-electron chi connectivity index (χ1n) is 5.46. The zero-order valence-corrected chi connectivity index (χ0v) is 9.77. The molecule has 0 aliphatic rings. The molecular weight excluding hydrogens is 219 g/mol. The van der Waals surface area contributed by atoms with Gasteiger partial charge in [0.1, 0.15) is 11.5 Å². The molecular formula is C13H13FN2O. The maximum atomic E-state index is 13.1. The van der Waals surface area contributed by atoms with E-state index in [2.05, 4.69) is 5.10 Å². The summed E-state index contributed by atoms with van der Waals surface area (Å²) in [6, 6.07) is 7.41. The highest BCUT2D eigenvalue weighted by atomic mass is 19.1. The van der Waals surface area contributed by atoms with Crippen molar-refractivity contribution in [1.82, 2.24) is 9.78 Å². The van der Waals surface area contributed by atoms with E-state index in [0.29, 0.717) is 17.8 Å². The molecule has 0 saturated carbocycles. The van der Waals surface area contributed by atoms with E-state index in [-0.39, 0.29) is 5.78 Å². The molecule has 0 bridgehead atoms. The Morgan fingerprint density at radius 2 is 2.18 bits per heavy atom. The minimum Gasteiger partial charge on any atom is -0.287 e. The van der Waals surface area contributed by atoms with Crippen LogP contribution in [-0.2, 0) is 6.54 Å². The summed E-state index contributed by atoms with van der Waals surface area (Å²) in [6.45, 7) is 4.35. The van der Waals surface area contributed by atoms with Crippen LogP contribution in [0.15, 0.2) is 30.3 Å². The lowest BCUT2D eigenvalue weighted by molar-refractivity contribution is 0.102. The highest BCUT2D eigenvalue weighted by Crippen LogP contribution is 2.12. The molecule has 0 fully saturated rings. The molecule has 0 amide bonds. The van der Waals surface area contributed by atoms with E-state index in [1.807, 2.05) is 13.8 Å². The number of hydrogen-bond acceptors (Lipinski definition) is 2. The number of ketones is 1. The van der Waals surface area contributed by atoms with Crippen LogP contribution in [0, 0.1) is 12.7 Å². The number of aromatic nitrogens is 2. The third-order valence-corrected chi connectivity index (χ3v) is 2.52. The topological polar surface area (TPSA) is 34.9 Å².